The first-order chi connectivity index (χ1) is 15.4. The van der Waals surface area contributed by atoms with Crippen LogP contribution in [0.15, 0.2) is 109 Å². The van der Waals surface area contributed by atoms with E-state index in [0.29, 0.717) is 0 Å². The lowest BCUT2D eigenvalue weighted by molar-refractivity contribution is 1.16. The van der Waals surface area contributed by atoms with E-state index < -0.39 is 0 Å². The van der Waals surface area contributed by atoms with Crippen molar-refractivity contribution in [3.8, 4) is 5.69 Å². The summed E-state index contributed by atoms with van der Waals surface area (Å²) in [6, 6.07) is 35.0. The van der Waals surface area contributed by atoms with Crippen LogP contribution in [0.25, 0.3) is 59.8 Å². The van der Waals surface area contributed by atoms with Crippen molar-refractivity contribution in [3.63, 3.8) is 0 Å². The summed E-state index contributed by atoms with van der Waals surface area (Å²) in [7, 11) is 0. The van der Waals surface area contributed by atoms with Crippen LogP contribution >= 0.6 is 0 Å². The van der Waals surface area contributed by atoms with Crippen molar-refractivity contribution in [1.82, 2.24) is 9.55 Å². The Morgan fingerprint density at radius 1 is 0.484 bits per heavy atom. The van der Waals surface area contributed by atoms with Crippen molar-refractivity contribution in [3.05, 3.63) is 109 Å². The van der Waals surface area contributed by atoms with Crippen molar-refractivity contribution in [2.45, 2.75) is 0 Å². The first kappa shape index (κ1) is 16.6. The molecule has 2 nitrogen and oxygen atoms in total. The molecule has 0 aliphatic carbocycles. The second-order valence-electron chi connectivity index (χ2n) is 8.04. The van der Waals surface area contributed by atoms with E-state index >= 15 is 0 Å². The Balaban J connectivity index is 1.91. The molecule has 0 unspecified atom stereocenters. The van der Waals surface area contributed by atoms with Crippen LogP contribution in [0, 0.1) is 0 Å². The van der Waals surface area contributed by atoms with Gasteiger partial charge in [-0.1, -0.05) is 78.9 Å². The van der Waals surface area contributed by atoms with Gasteiger partial charge in [0.1, 0.15) is 0 Å². The van der Waals surface area contributed by atoms with Crippen molar-refractivity contribution >= 4 is 54.1 Å². The van der Waals surface area contributed by atoms with Gasteiger partial charge in [-0.05, 0) is 45.1 Å². The monoisotopic (exact) mass is 394 g/mol. The summed E-state index contributed by atoms with van der Waals surface area (Å²) in [6.45, 7) is 0. The number of rotatable bonds is 1. The predicted octanol–water partition coefficient (Wildman–Crippen LogP) is 7.64. The molecule has 0 aliphatic rings. The minimum Gasteiger partial charge on any atom is -0.308 e. The Hall–Kier alpha value is -4.17. The summed E-state index contributed by atoms with van der Waals surface area (Å²) >= 11 is 0. The molecule has 0 N–H and O–H groups in total. The van der Waals surface area contributed by atoms with E-state index in [0.717, 1.165) is 5.69 Å². The highest BCUT2D eigenvalue weighted by atomic mass is 15.0. The quantitative estimate of drug-likeness (QED) is 0.262. The van der Waals surface area contributed by atoms with Crippen molar-refractivity contribution in [2.24, 2.45) is 0 Å². The average molecular weight is 394 g/mol. The fourth-order valence-electron chi connectivity index (χ4n) is 5.20. The first-order valence-electron chi connectivity index (χ1n) is 10.6. The summed E-state index contributed by atoms with van der Waals surface area (Å²) < 4.78 is 2.41. The maximum atomic E-state index is 4.26. The first-order valence-corrected chi connectivity index (χ1v) is 10.6. The van der Waals surface area contributed by atoms with Gasteiger partial charge in [0.25, 0.3) is 0 Å². The second kappa shape index (κ2) is 6.16. The van der Waals surface area contributed by atoms with Crippen LogP contribution in [0.2, 0.25) is 0 Å². The molecule has 0 amide bonds. The maximum absolute atomic E-state index is 4.26. The van der Waals surface area contributed by atoms with E-state index in [1.807, 2.05) is 12.4 Å². The molecule has 0 spiro atoms. The van der Waals surface area contributed by atoms with Gasteiger partial charge < -0.3 is 4.57 Å². The number of nitrogens with zero attached hydrogens (tertiary/aromatic N) is 2. The van der Waals surface area contributed by atoms with E-state index in [1.165, 1.54) is 54.1 Å². The number of pyridine rings is 1. The van der Waals surface area contributed by atoms with Crippen molar-refractivity contribution in [2.75, 3.05) is 0 Å². The largest absolute Gasteiger partial charge is 0.308 e. The Morgan fingerprint density at radius 3 is 1.87 bits per heavy atom. The lowest BCUT2D eigenvalue weighted by atomic mass is 9.95. The van der Waals surface area contributed by atoms with E-state index in [2.05, 4.69) is 107 Å². The molecular weight excluding hydrogens is 376 g/mol. The zero-order valence-corrected chi connectivity index (χ0v) is 16.8. The molecule has 2 heteroatoms. The predicted molar refractivity (Wildman–Crippen MR) is 131 cm³/mol. The van der Waals surface area contributed by atoms with Crippen LogP contribution in [0.1, 0.15) is 0 Å². The van der Waals surface area contributed by atoms with E-state index in [-0.39, 0.29) is 0 Å². The third-order valence-corrected chi connectivity index (χ3v) is 6.45. The number of fused-ring (bicyclic) bond motifs is 10. The topological polar surface area (TPSA) is 17.8 Å². The molecule has 0 atom stereocenters. The van der Waals surface area contributed by atoms with Crippen molar-refractivity contribution < 1.29 is 0 Å². The van der Waals surface area contributed by atoms with Gasteiger partial charge in [-0.2, -0.15) is 0 Å². The molecule has 0 bridgehead atoms. The molecule has 2 heterocycles. The number of benzene rings is 5. The third kappa shape index (κ3) is 2.19. The summed E-state index contributed by atoms with van der Waals surface area (Å²) in [4.78, 5) is 4.26. The SMILES string of the molecule is c1ccc2c(c1)ccc1c2c2c3ccccc3c3ccccc3c2n1-c1ccncc1. The van der Waals surface area contributed by atoms with Gasteiger partial charge in [-0.25, -0.2) is 0 Å². The van der Waals surface area contributed by atoms with Crippen LogP contribution < -0.4 is 0 Å². The minimum atomic E-state index is 1.13. The van der Waals surface area contributed by atoms with Crippen molar-refractivity contribution in [1.29, 1.82) is 0 Å². The fraction of sp³-hybridized carbons (Fsp3) is 0. The van der Waals surface area contributed by atoms with E-state index in [1.54, 1.807) is 0 Å². The summed E-state index contributed by atoms with van der Waals surface area (Å²) in [5.74, 6) is 0. The van der Waals surface area contributed by atoms with Gasteiger partial charge in [0.05, 0.1) is 11.0 Å². The summed E-state index contributed by atoms with van der Waals surface area (Å²) in [5.41, 5.74) is 3.61. The molecule has 31 heavy (non-hydrogen) atoms. The molecule has 7 rings (SSSR count). The fourth-order valence-corrected chi connectivity index (χ4v) is 5.20. The van der Waals surface area contributed by atoms with E-state index in [4.69, 9.17) is 0 Å². The third-order valence-electron chi connectivity index (χ3n) is 6.45. The highest BCUT2D eigenvalue weighted by Gasteiger charge is 2.20. The molecule has 2 aromatic heterocycles. The molecule has 0 saturated carbocycles. The normalized spacial score (nSPS) is 11.9. The summed E-state index contributed by atoms with van der Waals surface area (Å²) in [5, 5.41) is 10.3. The van der Waals surface area contributed by atoms with Gasteiger partial charge in [0.15, 0.2) is 0 Å². The molecule has 0 radical (unpaired) electrons. The van der Waals surface area contributed by atoms with Crippen LogP contribution in [-0.4, -0.2) is 9.55 Å². The minimum absolute atomic E-state index is 1.13. The Labute approximate surface area is 179 Å². The molecule has 5 aromatic carbocycles. The average Bonchev–Trinajstić information content (AvgIpc) is 3.21. The van der Waals surface area contributed by atoms with Crippen LogP contribution in [0.4, 0.5) is 0 Å². The van der Waals surface area contributed by atoms with Gasteiger partial charge >= 0.3 is 0 Å². The van der Waals surface area contributed by atoms with E-state index in [9.17, 15) is 0 Å². The molecule has 7 aromatic rings. The maximum Gasteiger partial charge on any atom is 0.0626 e. The van der Waals surface area contributed by atoms with Crippen LogP contribution in [-0.2, 0) is 0 Å². The number of hydrogen-bond acceptors (Lipinski definition) is 1. The van der Waals surface area contributed by atoms with Crippen LogP contribution in [0.5, 0.6) is 0 Å². The molecule has 0 aliphatic heterocycles. The Kier molecular flexibility index (Phi) is 3.30. The van der Waals surface area contributed by atoms with Gasteiger partial charge in [-0.15, -0.1) is 0 Å². The molecule has 0 saturated heterocycles. The highest BCUT2D eigenvalue weighted by molar-refractivity contribution is 6.35. The Morgan fingerprint density at radius 2 is 1.10 bits per heavy atom. The van der Waals surface area contributed by atoms with Crippen LogP contribution in [0.3, 0.4) is 0 Å². The number of hydrogen-bond donors (Lipinski definition) is 0. The smallest absolute Gasteiger partial charge is 0.0626 e. The highest BCUT2D eigenvalue weighted by Crippen LogP contribution is 2.44. The lowest BCUT2D eigenvalue weighted by Crippen LogP contribution is -1.94. The zero-order valence-electron chi connectivity index (χ0n) is 16.8. The zero-order chi connectivity index (χ0) is 20.4. The summed E-state index contributed by atoms with van der Waals surface area (Å²) in [6.07, 6.45) is 3.74. The van der Waals surface area contributed by atoms with Gasteiger partial charge in [-0.3, -0.25) is 4.98 Å². The standard InChI is InChI=1S/C29H18N2/c1-2-8-21-19(7-1)13-14-26-27(21)28-24-11-5-3-9-22(24)23-10-4-6-12-25(23)29(28)31(26)20-15-17-30-18-16-20/h1-18H. The molecule has 0 fully saturated rings. The van der Waals surface area contributed by atoms with Gasteiger partial charge in [0, 0.05) is 34.2 Å². The Bertz CT molecular complexity index is 1780. The lowest BCUT2D eigenvalue weighted by Gasteiger charge is -2.11. The number of aromatic nitrogens is 2. The molecular formula is C29H18N2. The second-order valence-corrected chi connectivity index (χ2v) is 8.04. The molecule has 144 valence electrons. The van der Waals surface area contributed by atoms with Gasteiger partial charge in [0.2, 0.25) is 0 Å².